The SMILES string of the molecule is CCC(NC)c1ccc(-c2ccc(C(C)C)cc2)o1. The van der Waals surface area contributed by atoms with Gasteiger partial charge in [-0.1, -0.05) is 45.0 Å². The van der Waals surface area contributed by atoms with E-state index in [-0.39, 0.29) is 0 Å². The van der Waals surface area contributed by atoms with Crippen molar-refractivity contribution in [3.8, 4) is 11.3 Å². The van der Waals surface area contributed by atoms with Gasteiger partial charge in [0, 0.05) is 5.56 Å². The van der Waals surface area contributed by atoms with Crippen molar-refractivity contribution in [1.29, 1.82) is 0 Å². The summed E-state index contributed by atoms with van der Waals surface area (Å²) in [4.78, 5) is 0. The van der Waals surface area contributed by atoms with Crippen LogP contribution in [0.2, 0.25) is 0 Å². The molecule has 0 aliphatic rings. The first-order chi connectivity index (χ1) is 9.15. The van der Waals surface area contributed by atoms with Gasteiger partial charge >= 0.3 is 0 Å². The number of hydrogen-bond donors (Lipinski definition) is 1. The number of furan rings is 1. The highest BCUT2D eigenvalue weighted by Crippen LogP contribution is 2.27. The summed E-state index contributed by atoms with van der Waals surface area (Å²) in [5.74, 6) is 2.52. The van der Waals surface area contributed by atoms with Gasteiger partial charge < -0.3 is 9.73 Å². The van der Waals surface area contributed by atoms with Crippen LogP contribution in [0.5, 0.6) is 0 Å². The Morgan fingerprint density at radius 1 is 1.05 bits per heavy atom. The molecule has 1 unspecified atom stereocenters. The Balaban J connectivity index is 2.22. The van der Waals surface area contributed by atoms with Crippen molar-refractivity contribution in [2.24, 2.45) is 0 Å². The molecule has 2 aromatic rings. The second-order valence-electron chi connectivity index (χ2n) is 5.23. The molecule has 0 amide bonds. The molecule has 0 saturated carbocycles. The zero-order valence-corrected chi connectivity index (χ0v) is 12.2. The van der Waals surface area contributed by atoms with Gasteiger partial charge in [-0.15, -0.1) is 0 Å². The van der Waals surface area contributed by atoms with Crippen LogP contribution in [0.3, 0.4) is 0 Å². The molecular weight excluding hydrogens is 234 g/mol. The van der Waals surface area contributed by atoms with Gasteiger partial charge in [0.2, 0.25) is 0 Å². The van der Waals surface area contributed by atoms with Crippen LogP contribution in [-0.4, -0.2) is 7.05 Å². The van der Waals surface area contributed by atoms with E-state index in [9.17, 15) is 0 Å². The summed E-state index contributed by atoms with van der Waals surface area (Å²) in [5, 5.41) is 3.26. The molecule has 0 fully saturated rings. The van der Waals surface area contributed by atoms with Gasteiger partial charge in [0.05, 0.1) is 6.04 Å². The van der Waals surface area contributed by atoms with Crippen LogP contribution in [-0.2, 0) is 0 Å². The summed E-state index contributed by atoms with van der Waals surface area (Å²) in [5.41, 5.74) is 2.50. The lowest BCUT2D eigenvalue weighted by molar-refractivity contribution is 0.431. The number of nitrogens with one attached hydrogen (secondary N) is 1. The zero-order valence-electron chi connectivity index (χ0n) is 12.2. The molecule has 0 aliphatic heterocycles. The molecule has 102 valence electrons. The number of benzene rings is 1. The fourth-order valence-corrected chi connectivity index (χ4v) is 2.28. The summed E-state index contributed by atoms with van der Waals surface area (Å²) < 4.78 is 5.95. The number of hydrogen-bond acceptors (Lipinski definition) is 2. The molecule has 0 spiro atoms. The largest absolute Gasteiger partial charge is 0.459 e. The van der Waals surface area contributed by atoms with Crippen molar-refractivity contribution < 1.29 is 4.42 Å². The molecule has 2 nitrogen and oxygen atoms in total. The van der Waals surface area contributed by atoms with E-state index in [1.165, 1.54) is 5.56 Å². The van der Waals surface area contributed by atoms with E-state index in [1.54, 1.807) is 0 Å². The average molecular weight is 257 g/mol. The molecule has 1 aromatic carbocycles. The molecule has 1 N–H and O–H groups in total. The van der Waals surface area contributed by atoms with Crippen LogP contribution in [0, 0.1) is 0 Å². The van der Waals surface area contributed by atoms with Crippen LogP contribution in [0.4, 0.5) is 0 Å². The third kappa shape index (κ3) is 3.07. The van der Waals surface area contributed by atoms with E-state index in [1.807, 2.05) is 7.05 Å². The average Bonchev–Trinajstić information content (AvgIpc) is 2.90. The van der Waals surface area contributed by atoms with Crippen LogP contribution >= 0.6 is 0 Å². The molecule has 2 rings (SSSR count). The molecule has 2 heteroatoms. The van der Waals surface area contributed by atoms with E-state index in [4.69, 9.17) is 4.42 Å². The van der Waals surface area contributed by atoms with Crippen molar-refractivity contribution in [2.75, 3.05) is 7.05 Å². The Hall–Kier alpha value is -1.54. The third-order valence-electron chi connectivity index (χ3n) is 3.59. The number of rotatable bonds is 5. The molecule has 1 aromatic heterocycles. The minimum atomic E-state index is 0.295. The molecule has 1 atom stereocenters. The lowest BCUT2D eigenvalue weighted by Gasteiger charge is -2.10. The standard InChI is InChI=1S/C17H23NO/c1-5-15(18-4)17-11-10-16(19-17)14-8-6-13(7-9-14)12(2)3/h6-12,15,18H,5H2,1-4H3. The summed E-state index contributed by atoms with van der Waals surface area (Å²) >= 11 is 0. The van der Waals surface area contributed by atoms with Crippen molar-refractivity contribution in [2.45, 2.75) is 39.2 Å². The summed E-state index contributed by atoms with van der Waals surface area (Å²) in [6, 6.07) is 13.0. The lowest BCUT2D eigenvalue weighted by Crippen LogP contribution is -2.14. The van der Waals surface area contributed by atoms with E-state index < -0.39 is 0 Å². The second kappa shape index (κ2) is 6.07. The molecular formula is C17H23NO. The van der Waals surface area contributed by atoms with Gasteiger partial charge in [-0.25, -0.2) is 0 Å². The Labute approximate surface area is 115 Å². The van der Waals surface area contributed by atoms with Gasteiger partial charge in [-0.2, -0.15) is 0 Å². The van der Waals surface area contributed by atoms with Crippen molar-refractivity contribution >= 4 is 0 Å². The van der Waals surface area contributed by atoms with Gasteiger partial charge in [0.15, 0.2) is 0 Å². The first-order valence-electron chi connectivity index (χ1n) is 7.03. The smallest absolute Gasteiger partial charge is 0.134 e. The van der Waals surface area contributed by atoms with Crippen LogP contribution < -0.4 is 5.32 Å². The first-order valence-corrected chi connectivity index (χ1v) is 7.03. The zero-order chi connectivity index (χ0) is 13.8. The molecule has 0 bridgehead atoms. The highest BCUT2D eigenvalue weighted by Gasteiger charge is 2.12. The van der Waals surface area contributed by atoms with Crippen molar-refractivity contribution in [1.82, 2.24) is 5.32 Å². The molecule has 0 radical (unpaired) electrons. The Morgan fingerprint density at radius 3 is 2.26 bits per heavy atom. The van der Waals surface area contributed by atoms with E-state index >= 15 is 0 Å². The Bertz CT molecular complexity index is 506. The fourth-order valence-electron chi connectivity index (χ4n) is 2.28. The minimum Gasteiger partial charge on any atom is -0.459 e. The molecule has 19 heavy (non-hydrogen) atoms. The first kappa shape index (κ1) is 13.9. The van der Waals surface area contributed by atoms with E-state index in [0.29, 0.717) is 12.0 Å². The van der Waals surface area contributed by atoms with Gasteiger partial charge in [-0.05, 0) is 37.1 Å². The van der Waals surface area contributed by atoms with Crippen molar-refractivity contribution in [3.63, 3.8) is 0 Å². The third-order valence-corrected chi connectivity index (χ3v) is 3.59. The fraction of sp³-hybridized carbons (Fsp3) is 0.412. The second-order valence-corrected chi connectivity index (χ2v) is 5.23. The summed E-state index contributed by atoms with van der Waals surface area (Å²) in [6.07, 6.45) is 1.02. The minimum absolute atomic E-state index is 0.295. The predicted octanol–water partition coefficient (Wildman–Crippen LogP) is 4.74. The van der Waals surface area contributed by atoms with Gasteiger partial charge in [0.25, 0.3) is 0 Å². The quantitative estimate of drug-likeness (QED) is 0.837. The maximum absolute atomic E-state index is 5.95. The highest BCUT2D eigenvalue weighted by molar-refractivity contribution is 5.58. The summed E-state index contributed by atoms with van der Waals surface area (Å²) in [7, 11) is 1.97. The van der Waals surface area contributed by atoms with E-state index in [2.05, 4.69) is 62.5 Å². The lowest BCUT2D eigenvalue weighted by atomic mass is 10.0. The Morgan fingerprint density at radius 2 is 1.74 bits per heavy atom. The highest BCUT2D eigenvalue weighted by atomic mass is 16.3. The van der Waals surface area contributed by atoms with Crippen LogP contribution in [0.25, 0.3) is 11.3 Å². The normalized spacial score (nSPS) is 12.9. The maximum atomic E-state index is 5.95. The monoisotopic (exact) mass is 257 g/mol. The predicted molar refractivity (Wildman–Crippen MR) is 80.3 cm³/mol. The molecule has 0 aliphatic carbocycles. The molecule has 1 heterocycles. The van der Waals surface area contributed by atoms with Crippen molar-refractivity contribution in [3.05, 3.63) is 47.7 Å². The van der Waals surface area contributed by atoms with E-state index in [0.717, 1.165) is 23.5 Å². The molecule has 0 saturated heterocycles. The topological polar surface area (TPSA) is 25.2 Å². The van der Waals surface area contributed by atoms with Gasteiger partial charge in [0.1, 0.15) is 11.5 Å². The van der Waals surface area contributed by atoms with Crippen LogP contribution in [0.1, 0.15) is 50.5 Å². The van der Waals surface area contributed by atoms with Gasteiger partial charge in [-0.3, -0.25) is 0 Å². The summed E-state index contributed by atoms with van der Waals surface area (Å²) in [6.45, 7) is 6.57. The Kier molecular flexibility index (Phi) is 4.43. The van der Waals surface area contributed by atoms with Crippen LogP contribution in [0.15, 0.2) is 40.8 Å². The maximum Gasteiger partial charge on any atom is 0.134 e.